The first-order valence-electron chi connectivity index (χ1n) is 7.81. The number of hydrogen-bond donors (Lipinski definition) is 1. The van der Waals surface area contributed by atoms with Crippen LogP contribution in [0.5, 0.6) is 0 Å². The Kier molecular flexibility index (Phi) is 4.85. The second-order valence-electron chi connectivity index (χ2n) is 5.86. The molecule has 1 N–H and O–H groups in total. The van der Waals surface area contributed by atoms with E-state index in [-0.39, 0.29) is 5.91 Å². The van der Waals surface area contributed by atoms with E-state index in [4.69, 9.17) is 4.74 Å². The number of hydrogen-bond acceptors (Lipinski definition) is 5. The molecule has 0 radical (unpaired) electrons. The first-order chi connectivity index (χ1) is 12.1. The highest BCUT2D eigenvalue weighted by molar-refractivity contribution is 5.95. The lowest BCUT2D eigenvalue weighted by Crippen LogP contribution is -2.46. The van der Waals surface area contributed by atoms with Gasteiger partial charge in [-0.25, -0.2) is 4.68 Å². The largest absolute Gasteiger partial charge is 0.382 e. The minimum absolute atomic E-state index is 0.238. The number of aromatic nitrogens is 4. The van der Waals surface area contributed by atoms with Gasteiger partial charge >= 0.3 is 0 Å². The van der Waals surface area contributed by atoms with Gasteiger partial charge in [-0.1, -0.05) is 35.5 Å². The van der Waals surface area contributed by atoms with Crippen LogP contribution >= 0.6 is 0 Å². The van der Waals surface area contributed by atoms with Crippen molar-refractivity contribution in [3.63, 3.8) is 0 Å². The molecule has 25 heavy (non-hydrogen) atoms. The van der Waals surface area contributed by atoms with E-state index >= 15 is 0 Å². The molecule has 0 fully saturated rings. The van der Waals surface area contributed by atoms with Gasteiger partial charge in [0, 0.05) is 13.3 Å². The van der Waals surface area contributed by atoms with Gasteiger partial charge in [0.1, 0.15) is 0 Å². The molecule has 128 valence electrons. The predicted octanol–water partition coefficient (Wildman–Crippen LogP) is 1.95. The van der Waals surface area contributed by atoms with Gasteiger partial charge in [0.2, 0.25) is 0 Å². The lowest BCUT2D eigenvalue weighted by Gasteiger charge is -2.30. The van der Waals surface area contributed by atoms with Gasteiger partial charge in [-0.05, 0) is 18.6 Å². The van der Waals surface area contributed by atoms with Gasteiger partial charge < -0.3 is 10.1 Å². The fraction of sp³-hybridized carbons (Fsp3) is 0.222. The zero-order chi connectivity index (χ0) is 17.7. The maximum Gasteiger partial charge on any atom is 0.253 e. The van der Waals surface area contributed by atoms with Crippen LogP contribution in [0.1, 0.15) is 22.8 Å². The van der Waals surface area contributed by atoms with Crippen LogP contribution in [0.25, 0.3) is 5.69 Å². The SMILES string of the molecule is COC[C@](C)(NC(=O)c1cncc(-n2ccnn2)c1)c1ccccc1. The van der Waals surface area contributed by atoms with Crippen LogP contribution in [0.3, 0.4) is 0 Å². The quantitative estimate of drug-likeness (QED) is 0.743. The minimum Gasteiger partial charge on any atom is -0.382 e. The van der Waals surface area contributed by atoms with E-state index in [1.54, 1.807) is 36.4 Å². The van der Waals surface area contributed by atoms with Gasteiger partial charge in [0.25, 0.3) is 5.91 Å². The van der Waals surface area contributed by atoms with E-state index in [0.29, 0.717) is 17.9 Å². The van der Waals surface area contributed by atoms with Crippen molar-refractivity contribution in [1.29, 1.82) is 0 Å². The molecule has 2 heterocycles. The van der Waals surface area contributed by atoms with E-state index in [2.05, 4.69) is 20.6 Å². The number of ether oxygens (including phenoxy) is 1. The van der Waals surface area contributed by atoms with Crippen LogP contribution < -0.4 is 5.32 Å². The monoisotopic (exact) mass is 337 g/mol. The highest BCUT2D eigenvalue weighted by Crippen LogP contribution is 2.22. The van der Waals surface area contributed by atoms with Gasteiger partial charge in [0.05, 0.1) is 42.0 Å². The number of methoxy groups -OCH3 is 1. The first-order valence-corrected chi connectivity index (χ1v) is 7.81. The van der Waals surface area contributed by atoms with Crippen molar-refractivity contribution in [2.24, 2.45) is 0 Å². The molecule has 3 aromatic rings. The van der Waals surface area contributed by atoms with Gasteiger partial charge in [-0.3, -0.25) is 9.78 Å². The summed E-state index contributed by atoms with van der Waals surface area (Å²) in [5.74, 6) is -0.238. The van der Waals surface area contributed by atoms with Crippen molar-refractivity contribution in [3.05, 3.63) is 72.3 Å². The lowest BCUT2D eigenvalue weighted by molar-refractivity contribution is 0.0785. The molecule has 0 saturated carbocycles. The summed E-state index contributed by atoms with van der Waals surface area (Å²) >= 11 is 0. The molecule has 0 bridgehead atoms. The summed E-state index contributed by atoms with van der Waals surface area (Å²) < 4.78 is 6.88. The number of carbonyl (C=O) groups is 1. The van der Waals surface area contributed by atoms with Crippen LogP contribution in [0.4, 0.5) is 0 Å². The average Bonchev–Trinajstić information content (AvgIpc) is 3.17. The molecule has 1 amide bonds. The number of pyridine rings is 1. The Bertz CT molecular complexity index is 836. The summed E-state index contributed by atoms with van der Waals surface area (Å²) in [5, 5.41) is 10.7. The van der Waals surface area contributed by atoms with Crippen molar-refractivity contribution in [1.82, 2.24) is 25.3 Å². The third-order valence-electron chi connectivity index (χ3n) is 3.91. The maximum atomic E-state index is 12.8. The Morgan fingerprint density at radius 2 is 2.08 bits per heavy atom. The number of nitrogens with zero attached hydrogens (tertiary/aromatic N) is 4. The van der Waals surface area contributed by atoms with Gasteiger partial charge in [0.15, 0.2) is 0 Å². The molecular formula is C18H19N5O2. The maximum absolute atomic E-state index is 12.8. The van der Waals surface area contributed by atoms with Crippen molar-refractivity contribution in [3.8, 4) is 5.69 Å². The summed E-state index contributed by atoms with van der Waals surface area (Å²) in [6, 6.07) is 11.4. The Balaban J connectivity index is 1.86. The lowest BCUT2D eigenvalue weighted by atomic mass is 9.92. The van der Waals surface area contributed by atoms with E-state index in [1.807, 2.05) is 37.3 Å². The Hall–Kier alpha value is -3.06. The smallest absolute Gasteiger partial charge is 0.253 e. The molecule has 0 saturated heterocycles. The van der Waals surface area contributed by atoms with Gasteiger partial charge in [-0.15, -0.1) is 5.10 Å². The molecule has 1 aromatic carbocycles. The first kappa shape index (κ1) is 16.8. The molecule has 0 spiro atoms. The minimum atomic E-state index is -0.656. The molecule has 3 rings (SSSR count). The topological polar surface area (TPSA) is 81.9 Å². The number of nitrogens with one attached hydrogen (secondary N) is 1. The molecule has 7 nitrogen and oxygen atoms in total. The fourth-order valence-electron chi connectivity index (χ4n) is 2.63. The summed E-state index contributed by atoms with van der Waals surface area (Å²) in [6.45, 7) is 2.28. The van der Waals surface area contributed by atoms with Crippen LogP contribution in [-0.4, -0.2) is 39.6 Å². The predicted molar refractivity (Wildman–Crippen MR) is 92.3 cm³/mol. The Morgan fingerprint density at radius 1 is 1.28 bits per heavy atom. The molecule has 0 aliphatic heterocycles. The summed E-state index contributed by atoms with van der Waals surface area (Å²) in [5.41, 5.74) is 1.41. The normalized spacial score (nSPS) is 13.2. The number of benzene rings is 1. The average molecular weight is 337 g/mol. The van der Waals surface area contributed by atoms with Crippen LogP contribution in [-0.2, 0) is 10.3 Å². The molecular weight excluding hydrogens is 318 g/mol. The molecule has 0 aliphatic rings. The Morgan fingerprint density at radius 3 is 2.76 bits per heavy atom. The fourth-order valence-corrected chi connectivity index (χ4v) is 2.63. The number of rotatable bonds is 6. The van der Waals surface area contributed by atoms with Crippen LogP contribution in [0, 0.1) is 0 Å². The van der Waals surface area contributed by atoms with E-state index in [1.165, 1.54) is 6.20 Å². The second-order valence-corrected chi connectivity index (χ2v) is 5.86. The van der Waals surface area contributed by atoms with Crippen LogP contribution in [0.2, 0.25) is 0 Å². The van der Waals surface area contributed by atoms with Crippen molar-refractivity contribution < 1.29 is 9.53 Å². The second kappa shape index (κ2) is 7.23. The van der Waals surface area contributed by atoms with Crippen LogP contribution in [0.15, 0.2) is 61.2 Å². The standard InChI is InChI=1S/C18H19N5O2/c1-18(13-25-2,15-6-4-3-5-7-15)21-17(24)14-10-16(12-19-11-14)23-9-8-20-22-23/h3-12H,13H2,1-2H3,(H,21,24)/t18-/m0/s1. The van der Waals surface area contributed by atoms with Gasteiger partial charge in [-0.2, -0.15) is 0 Å². The van der Waals surface area contributed by atoms with E-state index in [0.717, 1.165) is 5.56 Å². The van der Waals surface area contributed by atoms with Crippen molar-refractivity contribution in [2.45, 2.75) is 12.5 Å². The Labute approximate surface area is 145 Å². The van der Waals surface area contributed by atoms with E-state index in [9.17, 15) is 4.79 Å². The molecule has 1 atom stereocenters. The summed E-state index contributed by atoms with van der Waals surface area (Å²) in [4.78, 5) is 16.9. The molecule has 0 aliphatic carbocycles. The summed E-state index contributed by atoms with van der Waals surface area (Å²) in [6.07, 6.45) is 6.40. The highest BCUT2D eigenvalue weighted by Gasteiger charge is 2.29. The zero-order valence-electron chi connectivity index (χ0n) is 14.1. The van der Waals surface area contributed by atoms with Crippen molar-refractivity contribution in [2.75, 3.05) is 13.7 Å². The van der Waals surface area contributed by atoms with E-state index < -0.39 is 5.54 Å². The third kappa shape index (κ3) is 3.72. The number of amides is 1. The molecule has 0 unspecified atom stereocenters. The molecule has 2 aromatic heterocycles. The summed E-state index contributed by atoms with van der Waals surface area (Å²) in [7, 11) is 1.61. The zero-order valence-corrected chi connectivity index (χ0v) is 14.1. The highest BCUT2D eigenvalue weighted by atomic mass is 16.5. The number of carbonyl (C=O) groups excluding carboxylic acids is 1. The third-order valence-corrected chi connectivity index (χ3v) is 3.91. The molecule has 7 heteroatoms. The van der Waals surface area contributed by atoms with Crippen molar-refractivity contribution >= 4 is 5.91 Å².